The predicted molar refractivity (Wildman–Crippen MR) is 89.1 cm³/mol. The summed E-state index contributed by atoms with van der Waals surface area (Å²) in [5.41, 5.74) is 0.500. The molecule has 0 aliphatic carbocycles. The summed E-state index contributed by atoms with van der Waals surface area (Å²) in [5.74, 6) is 0.404. The molecule has 0 saturated carbocycles. The van der Waals surface area contributed by atoms with E-state index in [0.717, 1.165) is 0 Å². The van der Waals surface area contributed by atoms with E-state index in [1.807, 2.05) is 0 Å². The van der Waals surface area contributed by atoms with Crippen molar-refractivity contribution >= 4 is 16.7 Å². The number of benzene rings is 1. The van der Waals surface area contributed by atoms with Crippen molar-refractivity contribution in [3.63, 3.8) is 0 Å². The number of para-hydroxylation sites is 1. The quantitative estimate of drug-likeness (QED) is 0.337. The normalized spacial score (nSPS) is 11.9. The molecule has 3 N–H and O–H groups in total. The van der Waals surface area contributed by atoms with Crippen molar-refractivity contribution < 1.29 is 24.1 Å². The Balaban J connectivity index is 1.91. The summed E-state index contributed by atoms with van der Waals surface area (Å²) >= 11 is 0. The van der Waals surface area contributed by atoms with Gasteiger partial charge in [0.15, 0.2) is 0 Å². The van der Waals surface area contributed by atoms with Crippen molar-refractivity contribution in [1.82, 2.24) is 9.71 Å². The lowest BCUT2D eigenvalue weighted by atomic mass is 10.3. The minimum Gasteiger partial charge on any atom is -0.492 e. The van der Waals surface area contributed by atoms with Gasteiger partial charge in [-0.05, 0) is 6.07 Å². The van der Waals surface area contributed by atoms with Crippen LogP contribution >= 0.6 is 0 Å². The van der Waals surface area contributed by atoms with E-state index >= 15 is 0 Å². The van der Waals surface area contributed by atoms with Crippen LogP contribution in [0, 0.1) is 10.1 Å². The summed E-state index contributed by atoms with van der Waals surface area (Å²) in [6.07, 6.45) is 0. The van der Waals surface area contributed by atoms with Crippen LogP contribution in [0.15, 0.2) is 41.3 Å². The SMILES string of the molecule is O=[N+]([O-])c1ccccc1S(=O)NCCOc1cc(CO)nc(CO)c1. The predicted octanol–water partition coefficient (Wildman–Crippen LogP) is 0.666. The van der Waals surface area contributed by atoms with Crippen LogP contribution in [0.25, 0.3) is 0 Å². The average molecular weight is 367 g/mol. The molecule has 2 aromatic rings. The molecular weight excluding hydrogens is 350 g/mol. The highest BCUT2D eigenvalue weighted by atomic mass is 32.2. The van der Waals surface area contributed by atoms with Gasteiger partial charge in [-0.1, -0.05) is 12.1 Å². The summed E-state index contributed by atoms with van der Waals surface area (Å²) in [6.45, 7) is -0.274. The molecule has 1 heterocycles. The van der Waals surface area contributed by atoms with Gasteiger partial charge in [0.05, 0.1) is 29.5 Å². The van der Waals surface area contributed by atoms with E-state index in [1.165, 1.54) is 30.3 Å². The van der Waals surface area contributed by atoms with Crippen LogP contribution in [0.4, 0.5) is 5.69 Å². The Morgan fingerprint density at radius 3 is 2.44 bits per heavy atom. The fourth-order valence-corrected chi connectivity index (χ4v) is 2.97. The molecule has 0 spiro atoms. The molecule has 1 aromatic heterocycles. The standard InChI is InChI=1S/C15H17N3O6S/c19-9-11-7-13(8-12(10-20)17-11)24-6-5-16-25(23)15-4-2-1-3-14(15)18(21)22/h1-4,7-8,16,19-20H,5-6,9-10H2. The molecule has 1 unspecified atom stereocenters. The maximum Gasteiger partial charge on any atom is 0.286 e. The van der Waals surface area contributed by atoms with Gasteiger partial charge in [0.2, 0.25) is 0 Å². The zero-order valence-corrected chi connectivity index (χ0v) is 13.9. The maximum atomic E-state index is 12.1. The van der Waals surface area contributed by atoms with Gasteiger partial charge in [-0.2, -0.15) is 0 Å². The van der Waals surface area contributed by atoms with Gasteiger partial charge in [0, 0.05) is 24.7 Å². The van der Waals surface area contributed by atoms with Gasteiger partial charge in [-0.3, -0.25) is 15.1 Å². The van der Waals surface area contributed by atoms with Crippen molar-refractivity contribution in [3.05, 3.63) is 57.9 Å². The molecule has 10 heteroatoms. The highest BCUT2D eigenvalue weighted by molar-refractivity contribution is 7.83. The molecule has 2 rings (SSSR count). The van der Waals surface area contributed by atoms with Crippen LogP contribution in [0.5, 0.6) is 5.75 Å². The van der Waals surface area contributed by atoms with Gasteiger partial charge >= 0.3 is 0 Å². The second kappa shape index (κ2) is 9.18. The number of hydrogen-bond acceptors (Lipinski definition) is 7. The molecule has 0 saturated heterocycles. The van der Waals surface area contributed by atoms with Crippen LogP contribution in [0.2, 0.25) is 0 Å². The Morgan fingerprint density at radius 2 is 1.84 bits per heavy atom. The molecular formula is C15H17N3O6S. The highest BCUT2D eigenvalue weighted by Gasteiger charge is 2.17. The Morgan fingerprint density at radius 1 is 1.20 bits per heavy atom. The van der Waals surface area contributed by atoms with Crippen molar-refractivity contribution in [2.24, 2.45) is 0 Å². The second-order valence-corrected chi connectivity index (χ2v) is 6.10. The smallest absolute Gasteiger partial charge is 0.286 e. The number of aliphatic hydroxyl groups excluding tert-OH is 2. The molecule has 0 amide bonds. The molecule has 0 aliphatic heterocycles. The number of pyridine rings is 1. The van der Waals surface area contributed by atoms with Gasteiger partial charge in [0.25, 0.3) is 5.69 Å². The lowest BCUT2D eigenvalue weighted by molar-refractivity contribution is -0.387. The van der Waals surface area contributed by atoms with Crippen molar-refractivity contribution in [2.45, 2.75) is 18.1 Å². The fourth-order valence-electron chi connectivity index (χ4n) is 2.01. The number of hydrogen-bond donors (Lipinski definition) is 3. The Bertz CT molecular complexity index is 748. The summed E-state index contributed by atoms with van der Waals surface area (Å²) in [4.78, 5) is 14.4. The van der Waals surface area contributed by atoms with E-state index in [4.69, 9.17) is 14.9 Å². The third-order valence-electron chi connectivity index (χ3n) is 3.09. The van der Waals surface area contributed by atoms with E-state index in [9.17, 15) is 14.3 Å². The maximum absolute atomic E-state index is 12.1. The number of nitro groups is 1. The monoisotopic (exact) mass is 367 g/mol. The third-order valence-corrected chi connectivity index (χ3v) is 4.31. The first kappa shape index (κ1) is 18.9. The van der Waals surface area contributed by atoms with Crippen molar-refractivity contribution in [2.75, 3.05) is 13.2 Å². The number of ether oxygens (including phenoxy) is 1. The first-order valence-corrected chi connectivity index (χ1v) is 8.43. The number of aromatic nitrogens is 1. The third kappa shape index (κ3) is 5.29. The number of aliphatic hydroxyl groups is 2. The molecule has 0 aliphatic rings. The number of nitrogens with one attached hydrogen (secondary N) is 1. The second-order valence-electron chi connectivity index (χ2n) is 4.84. The van der Waals surface area contributed by atoms with E-state index in [1.54, 1.807) is 6.07 Å². The van der Waals surface area contributed by atoms with Gasteiger partial charge in [-0.15, -0.1) is 0 Å². The zero-order chi connectivity index (χ0) is 18.2. The topological polar surface area (TPSA) is 135 Å². The summed E-state index contributed by atoms with van der Waals surface area (Å²) in [5, 5.41) is 29.2. The fraction of sp³-hybridized carbons (Fsp3) is 0.267. The van der Waals surface area contributed by atoms with Gasteiger partial charge in [-0.25, -0.2) is 8.93 Å². The van der Waals surface area contributed by atoms with Crippen LogP contribution in [-0.4, -0.2) is 37.5 Å². The van der Waals surface area contributed by atoms with E-state index in [-0.39, 0.29) is 36.9 Å². The molecule has 134 valence electrons. The van der Waals surface area contributed by atoms with Crippen LogP contribution < -0.4 is 9.46 Å². The molecule has 0 radical (unpaired) electrons. The Kier molecular flexibility index (Phi) is 6.95. The van der Waals surface area contributed by atoms with E-state index in [0.29, 0.717) is 17.1 Å². The largest absolute Gasteiger partial charge is 0.492 e. The molecule has 1 aromatic carbocycles. The first-order chi connectivity index (χ1) is 12.0. The summed E-state index contributed by atoms with van der Waals surface area (Å²) in [7, 11) is -1.75. The van der Waals surface area contributed by atoms with E-state index in [2.05, 4.69) is 9.71 Å². The molecule has 1 atom stereocenters. The lowest BCUT2D eigenvalue weighted by Crippen LogP contribution is -2.24. The molecule has 0 fully saturated rings. The zero-order valence-electron chi connectivity index (χ0n) is 13.1. The van der Waals surface area contributed by atoms with Gasteiger partial charge < -0.3 is 14.9 Å². The summed E-state index contributed by atoms with van der Waals surface area (Å²) < 4.78 is 20.3. The number of rotatable bonds is 9. The minimum absolute atomic E-state index is 0.0848. The Labute approximate surface area is 146 Å². The van der Waals surface area contributed by atoms with Crippen molar-refractivity contribution in [3.8, 4) is 5.75 Å². The van der Waals surface area contributed by atoms with Crippen molar-refractivity contribution in [1.29, 1.82) is 0 Å². The number of nitrogens with zero attached hydrogens (tertiary/aromatic N) is 2. The number of nitro benzene ring substituents is 1. The summed E-state index contributed by atoms with van der Waals surface area (Å²) in [6, 6.07) is 8.84. The minimum atomic E-state index is -1.75. The van der Waals surface area contributed by atoms with Gasteiger partial charge in [0.1, 0.15) is 28.2 Å². The Hall–Kier alpha value is -2.40. The first-order valence-electron chi connectivity index (χ1n) is 7.28. The average Bonchev–Trinajstić information content (AvgIpc) is 2.64. The molecule has 25 heavy (non-hydrogen) atoms. The lowest BCUT2D eigenvalue weighted by Gasteiger charge is -2.10. The van der Waals surface area contributed by atoms with Crippen LogP contribution in [-0.2, 0) is 24.2 Å². The molecule has 9 nitrogen and oxygen atoms in total. The van der Waals surface area contributed by atoms with E-state index < -0.39 is 15.9 Å². The highest BCUT2D eigenvalue weighted by Crippen LogP contribution is 2.20. The molecule has 0 bridgehead atoms. The van der Waals surface area contributed by atoms with Crippen LogP contribution in [0.1, 0.15) is 11.4 Å². The van der Waals surface area contributed by atoms with Crippen LogP contribution in [0.3, 0.4) is 0 Å².